The van der Waals surface area contributed by atoms with Crippen LogP contribution in [0.4, 0.5) is 0 Å². The predicted octanol–water partition coefficient (Wildman–Crippen LogP) is 1.57. The molecule has 4 nitrogen and oxygen atoms in total. The van der Waals surface area contributed by atoms with Gasteiger partial charge in [-0.25, -0.2) is 0 Å². The summed E-state index contributed by atoms with van der Waals surface area (Å²) in [7, 11) is 0. The number of hydrogen-bond acceptors (Lipinski definition) is 3. The summed E-state index contributed by atoms with van der Waals surface area (Å²) in [5.41, 5.74) is 0. The van der Waals surface area contributed by atoms with Crippen LogP contribution in [-0.4, -0.2) is 61.5 Å². The van der Waals surface area contributed by atoms with Crippen LogP contribution >= 0.6 is 0 Å². The molecule has 0 aromatic rings. The Morgan fingerprint density at radius 2 is 1.95 bits per heavy atom. The van der Waals surface area contributed by atoms with Gasteiger partial charge in [0.15, 0.2) is 0 Å². The highest BCUT2D eigenvalue weighted by Gasteiger charge is 2.19. The van der Waals surface area contributed by atoms with E-state index in [2.05, 4.69) is 31.0 Å². The second-order valence-corrected chi connectivity index (χ2v) is 5.49. The molecule has 1 heterocycles. The Hall–Kier alpha value is -0.610. The van der Waals surface area contributed by atoms with Gasteiger partial charge >= 0.3 is 0 Å². The van der Waals surface area contributed by atoms with Gasteiger partial charge in [0.2, 0.25) is 5.91 Å². The van der Waals surface area contributed by atoms with Crippen LogP contribution in [0.1, 0.15) is 40.0 Å². The van der Waals surface area contributed by atoms with Crippen LogP contribution in [0.5, 0.6) is 0 Å². The molecule has 0 unspecified atom stereocenters. The van der Waals surface area contributed by atoms with Crippen LogP contribution in [0.2, 0.25) is 0 Å². The van der Waals surface area contributed by atoms with Gasteiger partial charge in [-0.15, -0.1) is 0 Å². The highest BCUT2D eigenvalue weighted by molar-refractivity contribution is 5.78. The second kappa shape index (κ2) is 9.32. The Morgan fingerprint density at radius 3 is 2.58 bits per heavy atom. The van der Waals surface area contributed by atoms with E-state index in [1.165, 1.54) is 12.8 Å². The zero-order valence-corrected chi connectivity index (χ0v) is 13.0. The number of likely N-dealkylation sites (N-methyl/N-ethyl adjacent to an activating group) is 1. The molecule has 19 heavy (non-hydrogen) atoms. The average molecular weight is 269 g/mol. The van der Waals surface area contributed by atoms with Gasteiger partial charge in [-0.05, 0) is 25.4 Å². The molecule has 0 bridgehead atoms. The molecule has 1 amide bonds. The predicted molar refractivity (Wildman–Crippen MR) is 80.3 cm³/mol. The molecule has 0 spiro atoms. The van der Waals surface area contributed by atoms with Crippen molar-refractivity contribution >= 4 is 5.91 Å². The Kier molecular flexibility index (Phi) is 8.07. The maximum Gasteiger partial charge on any atom is 0.236 e. The number of carbonyl (C=O) groups is 1. The van der Waals surface area contributed by atoms with Crippen molar-refractivity contribution in [3.05, 3.63) is 0 Å². The fourth-order valence-electron chi connectivity index (χ4n) is 2.60. The van der Waals surface area contributed by atoms with Crippen molar-refractivity contribution in [3.8, 4) is 0 Å². The molecule has 1 aliphatic rings. The zero-order chi connectivity index (χ0) is 14.1. The van der Waals surface area contributed by atoms with Crippen LogP contribution in [0, 0.1) is 5.92 Å². The molecule has 0 radical (unpaired) electrons. The molecule has 0 aromatic heterocycles. The summed E-state index contributed by atoms with van der Waals surface area (Å²) < 4.78 is 0. The minimum Gasteiger partial charge on any atom is -0.340 e. The molecule has 0 aliphatic carbocycles. The van der Waals surface area contributed by atoms with Crippen LogP contribution in [0.25, 0.3) is 0 Å². The van der Waals surface area contributed by atoms with Gasteiger partial charge in [0.25, 0.3) is 0 Å². The quantitative estimate of drug-likeness (QED) is 0.762. The zero-order valence-electron chi connectivity index (χ0n) is 13.0. The molecule has 0 saturated carbocycles. The Bertz CT molecular complexity index is 246. The summed E-state index contributed by atoms with van der Waals surface area (Å²) in [4.78, 5) is 16.7. The third-order valence-electron chi connectivity index (χ3n) is 4.17. The minimum absolute atomic E-state index is 0.302. The van der Waals surface area contributed by atoms with E-state index < -0.39 is 0 Å². The molecule has 0 aromatic carbocycles. The van der Waals surface area contributed by atoms with Gasteiger partial charge in [0.1, 0.15) is 0 Å². The van der Waals surface area contributed by atoms with Gasteiger partial charge in [-0.1, -0.05) is 33.6 Å². The first-order valence-corrected chi connectivity index (χ1v) is 7.92. The monoisotopic (exact) mass is 269 g/mol. The largest absolute Gasteiger partial charge is 0.340 e. The van der Waals surface area contributed by atoms with Crippen LogP contribution in [0.3, 0.4) is 0 Å². The fourth-order valence-corrected chi connectivity index (χ4v) is 2.60. The first-order valence-electron chi connectivity index (χ1n) is 7.92. The van der Waals surface area contributed by atoms with E-state index in [1.54, 1.807) is 0 Å². The molecular formula is C15H31N3O. The summed E-state index contributed by atoms with van der Waals surface area (Å²) in [6.07, 6.45) is 3.48. The summed E-state index contributed by atoms with van der Waals surface area (Å²) in [5.74, 6) is 1.02. The highest BCUT2D eigenvalue weighted by atomic mass is 16.2. The van der Waals surface area contributed by atoms with Crippen molar-refractivity contribution in [1.82, 2.24) is 15.1 Å². The van der Waals surface area contributed by atoms with E-state index in [4.69, 9.17) is 0 Å². The molecule has 1 N–H and O–H groups in total. The molecule has 1 fully saturated rings. The third kappa shape index (κ3) is 5.91. The number of hydrogen-bond donors (Lipinski definition) is 1. The van der Waals surface area contributed by atoms with E-state index in [0.29, 0.717) is 12.5 Å². The lowest BCUT2D eigenvalue weighted by Crippen LogP contribution is -2.43. The van der Waals surface area contributed by atoms with Gasteiger partial charge in [-0.3, -0.25) is 9.69 Å². The van der Waals surface area contributed by atoms with E-state index >= 15 is 0 Å². The summed E-state index contributed by atoms with van der Waals surface area (Å²) in [6, 6.07) is 0. The van der Waals surface area contributed by atoms with Crippen molar-refractivity contribution in [3.63, 3.8) is 0 Å². The van der Waals surface area contributed by atoms with Gasteiger partial charge in [0.05, 0.1) is 6.54 Å². The second-order valence-electron chi connectivity index (χ2n) is 5.49. The fraction of sp³-hybridized carbons (Fsp3) is 0.933. The normalized spacial score (nSPS) is 17.0. The van der Waals surface area contributed by atoms with Crippen molar-refractivity contribution in [1.29, 1.82) is 0 Å². The standard InChI is InChI=1S/C15H31N3O/c1-4-14(5-2)12-17(6-3)13-15(19)18-10-7-8-16-9-11-18/h14,16H,4-13H2,1-3H3. The van der Waals surface area contributed by atoms with E-state index in [1.807, 2.05) is 4.90 Å². The van der Waals surface area contributed by atoms with Crippen molar-refractivity contribution < 1.29 is 4.79 Å². The molecular weight excluding hydrogens is 238 g/mol. The smallest absolute Gasteiger partial charge is 0.236 e. The highest BCUT2D eigenvalue weighted by Crippen LogP contribution is 2.10. The topological polar surface area (TPSA) is 35.6 Å². The van der Waals surface area contributed by atoms with Gasteiger partial charge in [-0.2, -0.15) is 0 Å². The molecule has 1 aliphatic heterocycles. The molecule has 4 heteroatoms. The third-order valence-corrected chi connectivity index (χ3v) is 4.17. The Labute approximate surface area is 118 Å². The summed E-state index contributed by atoms with van der Waals surface area (Å²) >= 11 is 0. The summed E-state index contributed by atoms with van der Waals surface area (Å²) in [5, 5.41) is 3.34. The number of rotatable bonds is 7. The lowest BCUT2D eigenvalue weighted by atomic mass is 10.0. The van der Waals surface area contributed by atoms with E-state index in [-0.39, 0.29) is 0 Å². The van der Waals surface area contributed by atoms with Crippen LogP contribution < -0.4 is 5.32 Å². The van der Waals surface area contributed by atoms with E-state index in [0.717, 1.165) is 51.6 Å². The maximum atomic E-state index is 12.3. The van der Waals surface area contributed by atoms with Crippen LogP contribution in [-0.2, 0) is 4.79 Å². The van der Waals surface area contributed by atoms with Crippen molar-refractivity contribution in [2.45, 2.75) is 40.0 Å². The lowest BCUT2D eigenvalue weighted by Gasteiger charge is -2.28. The van der Waals surface area contributed by atoms with Gasteiger partial charge in [0, 0.05) is 26.2 Å². The number of nitrogens with zero attached hydrogens (tertiary/aromatic N) is 2. The number of nitrogens with one attached hydrogen (secondary N) is 1. The first kappa shape index (κ1) is 16.4. The Morgan fingerprint density at radius 1 is 1.21 bits per heavy atom. The van der Waals surface area contributed by atoms with Gasteiger partial charge < -0.3 is 10.2 Å². The summed E-state index contributed by atoms with van der Waals surface area (Å²) in [6.45, 7) is 13.0. The molecule has 112 valence electrons. The maximum absolute atomic E-state index is 12.3. The lowest BCUT2D eigenvalue weighted by molar-refractivity contribution is -0.132. The minimum atomic E-state index is 0.302. The van der Waals surface area contributed by atoms with E-state index in [9.17, 15) is 4.79 Å². The van der Waals surface area contributed by atoms with Crippen molar-refractivity contribution in [2.24, 2.45) is 5.92 Å². The molecule has 0 atom stereocenters. The average Bonchev–Trinajstić information content (AvgIpc) is 2.72. The first-order chi connectivity index (χ1) is 9.21. The Balaban J connectivity index is 2.42. The van der Waals surface area contributed by atoms with Crippen molar-refractivity contribution in [2.75, 3.05) is 45.8 Å². The number of carbonyl (C=O) groups excluding carboxylic acids is 1. The number of amides is 1. The molecule has 1 saturated heterocycles. The SMILES string of the molecule is CCC(CC)CN(CC)CC(=O)N1CCCNCC1. The van der Waals surface area contributed by atoms with Crippen LogP contribution in [0.15, 0.2) is 0 Å². The molecule has 1 rings (SSSR count).